The summed E-state index contributed by atoms with van der Waals surface area (Å²) < 4.78 is 0. The normalized spacial score (nSPS) is 15.4. The second-order valence-corrected chi connectivity index (χ2v) is 7.79. The Kier molecular flexibility index (Phi) is 7.24. The summed E-state index contributed by atoms with van der Waals surface area (Å²) in [5.41, 5.74) is 3.10. The Hall–Kier alpha value is -2.17. The molecule has 3 rings (SSSR count). The van der Waals surface area contributed by atoms with E-state index in [-0.39, 0.29) is 30.6 Å². The summed E-state index contributed by atoms with van der Waals surface area (Å²) in [6.07, 6.45) is 2.80. The van der Waals surface area contributed by atoms with Crippen molar-refractivity contribution in [3.8, 4) is 0 Å². The smallest absolute Gasteiger partial charge is 0.220 e. The topological polar surface area (TPSA) is 49.4 Å². The molecule has 1 N–H and O–H groups in total. The molecule has 1 heterocycles. The molecule has 1 aliphatic heterocycles. The fraction of sp³-hybridized carbons (Fsp3) is 0.391. The van der Waals surface area contributed by atoms with Gasteiger partial charge >= 0.3 is 0 Å². The molecule has 1 fully saturated rings. The Morgan fingerprint density at radius 2 is 1.71 bits per heavy atom. The van der Waals surface area contributed by atoms with Gasteiger partial charge in [0.25, 0.3) is 0 Å². The summed E-state index contributed by atoms with van der Waals surface area (Å²) in [7, 11) is 0. The van der Waals surface area contributed by atoms with E-state index in [4.69, 9.17) is 11.6 Å². The molecule has 0 spiro atoms. The number of hydrogen-bond acceptors (Lipinski definition) is 3. The molecule has 2 aromatic rings. The standard InChI is InChI=1S/C23H27ClN2O2/c1-17-6-2-3-7-20(17)21(26-14-4-5-15-26)16-25-23(28)13-12-22(27)18-8-10-19(24)11-9-18/h2-3,6-11,21H,4-5,12-16H2,1H3,(H,25,28). The van der Waals surface area contributed by atoms with Crippen molar-refractivity contribution < 1.29 is 9.59 Å². The number of amides is 1. The van der Waals surface area contributed by atoms with Crippen molar-refractivity contribution in [3.63, 3.8) is 0 Å². The van der Waals surface area contributed by atoms with Crippen LogP contribution in [-0.2, 0) is 4.79 Å². The van der Waals surface area contributed by atoms with Crippen LogP contribution in [0.15, 0.2) is 48.5 Å². The third kappa shape index (κ3) is 5.43. The van der Waals surface area contributed by atoms with Gasteiger partial charge in [0.05, 0.1) is 6.04 Å². The average Bonchev–Trinajstić information content (AvgIpc) is 3.22. The number of Topliss-reactive ketones (excluding diaryl/α,β-unsaturated/α-hetero) is 1. The van der Waals surface area contributed by atoms with E-state index in [0.29, 0.717) is 17.1 Å². The highest BCUT2D eigenvalue weighted by Crippen LogP contribution is 2.27. The minimum Gasteiger partial charge on any atom is -0.354 e. The third-order valence-corrected chi connectivity index (χ3v) is 5.62. The Labute approximate surface area is 171 Å². The first-order chi connectivity index (χ1) is 13.5. The quantitative estimate of drug-likeness (QED) is 0.663. The van der Waals surface area contributed by atoms with E-state index < -0.39 is 0 Å². The van der Waals surface area contributed by atoms with E-state index >= 15 is 0 Å². The van der Waals surface area contributed by atoms with Crippen LogP contribution >= 0.6 is 11.6 Å². The number of benzene rings is 2. The minimum absolute atomic E-state index is 0.0400. The van der Waals surface area contributed by atoms with Crippen LogP contribution in [0.3, 0.4) is 0 Å². The number of carbonyl (C=O) groups excluding carboxylic acids is 2. The first-order valence-corrected chi connectivity index (χ1v) is 10.3. The predicted octanol–water partition coefficient (Wildman–Crippen LogP) is 4.56. The van der Waals surface area contributed by atoms with Crippen LogP contribution in [-0.4, -0.2) is 36.2 Å². The number of nitrogens with one attached hydrogen (secondary N) is 1. The highest BCUT2D eigenvalue weighted by Gasteiger charge is 2.25. The number of rotatable bonds is 8. The van der Waals surface area contributed by atoms with Crippen LogP contribution in [0.2, 0.25) is 5.02 Å². The Morgan fingerprint density at radius 1 is 1.04 bits per heavy atom. The molecule has 1 atom stereocenters. The molecule has 4 nitrogen and oxygen atoms in total. The van der Waals surface area contributed by atoms with Gasteiger partial charge in [-0.05, 0) is 68.2 Å². The molecule has 148 valence electrons. The Bertz CT molecular complexity index is 814. The lowest BCUT2D eigenvalue weighted by molar-refractivity contribution is -0.121. The van der Waals surface area contributed by atoms with Gasteiger partial charge in [-0.3, -0.25) is 14.5 Å². The van der Waals surface area contributed by atoms with E-state index in [9.17, 15) is 9.59 Å². The largest absolute Gasteiger partial charge is 0.354 e. The van der Waals surface area contributed by atoms with Gasteiger partial charge < -0.3 is 5.32 Å². The maximum Gasteiger partial charge on any atom is 0.220 e. The molecule has 28 heavy (non-hydrogen) atoms. The van der Waals surface area contributed by atoms with Gasteiger partial charge in [0.15, 0.2) is 5.78 Å². The van der Waals surface area contributed by atoms with Gasteiger partial charge in [0, 0.05) is 30.0 Å². The van der Waals surface area contributed by atoms with Crippen LogP contribution in [0.4, 0.5) is 0 Å². The van der Waals surface area contributed by atoms with E-state index in [1.807, 2.05) is 6.07 Å². The summed E-state index contributed by atoms with van der Waals surface area (Å²) in [4.78, 5) is 27.1. The maximum atomic E-state index is 12.4. The Balaban J connectivity index is 1.55. The molecule has 1 amide bonds. The number of ketones is 1. The summed E-state index contributed by atoms with van der Waals surface area (Å²) in [6, 6.07) is 15.3. The van der Waals surface area contributed by atoms with Gasteiger partial charge in [0.2, 0.25) is 5.91 Å². The third-order valence-electron chi connectivity index (χ3n) is 5.37. The first-order valence-electron chi connectivity index (χ1n) is 9.89. The Morgan fingerprint density at radius 3 is 2.39 bits per heavy atom. The van der Waals surface area contributed by atoms with E-state index in [1.165, 1.54) is 24.0 Å². The van der Waals surface area contributed by atoms with Crippen molar-refractivity contribution in [3.05, 3.63) is 70.2 Å². The lowest BCUT2D eigenvalue weighted by atomic mass is 10.00. The summed E-state index contributed by atoms with van der Waals surface area (Å²) in [5.74, 6) is -0.123. The van der Waals surface area contributed by atoms with Crippen molar-refractivity contribution in [2.24, 2.45) is 0 Å². The van der Waals surface area contributed by atoms with Crippen LogP contribution in [0.25, 0.3) is 0 Å². The van der Waals surface area contributed by atoms with Gasteiger partial charge in [0.1, 0.15) is 0 Å². The second-order valence-electron chi connectivity index (χ2n) is 7.35. The zero-order valence-electron chi connectivity index (χ0n) is 16.3. The fourth-order valence-corrected chi connectivity index (χ4v) is 3.88. The van der Waals surface area contributed by atoms with E-state index in [2.05, 4.69) is 35.3 Å². The van der Waals surface area contributed by atoms with Gasteiger partial charge in [-0.25, -0.2) is 0 Å². The van der Waals surface area contributed by atoms with E-state index in [0.717, 1.165) is 13.1 Å². The lowest BCUT2D eigenvalue weighted by Gasteiger charge is -2.29. The zero-order valence-corrected chi connectivity index (χ0v) is 17.0. The summed E-state index contributed by atoms with van der Waals surface area (Å²) in [5, 5.41) is 3.64. The molecule has 1 unspecified atom stereocenters. The molecule has 0 radical (unpaired) electrons. The van der Waals surface area contributed by atoms with Crippen LogP contribution in [0.1, 0.15) is 53.2 Å². The first kappa shape index (κ1) is 20.6. The number of carbonyl (C=O) groups is 2. The van der Waals surface area contributed by atoms with Crippen molar-refractivity contribution in [2.45, 2.75) is 38.6 Å². The van der Waals surface area contributed by atoms with Crippen molar-refractivity contribution in [1.82, 2.24) is 10.2 Å². The van der Waals surface area contributed by atoms with Crippen molar-refractivity contribution in [1.29, 1.82) is 0 Å². The molecule has 0 bridgehead atoms. The van der Waals surface area contributed by atoms with Crippen LogP contribution in [0, 0.1) is 6.92 Å². The number of hydrogen-bond donors (Lipinski definition) is 1. The number of aryl methyl sites for hydroxylation is 1. The van der Waals surface area contributed by atoms with Crippen LogP contribution in [0.5, 0.6) is 0 Å². The molecule has 2 aromatic carbocycles. The molecule has 5 heteroatoms. The van der Waals surface area contributed by atoms with Crippen molar-refractivity contribution >= 4 is 23.3 Å². The summed E-state index contributed by atoms with van der Waals surface area (Å²) in [6.45, 7) is 4.80. The highest BCUT2D eigenvalue weighted by atomic mass is 35.5. The summed E-state index contributed by atoms with van der Waals surface area (Å²) >= 11 is 5.85. The average molecular weight is 399 g/mol. The minimum atomic E-state index is -0.0832. The predicted molar refractivity (Wildman–Crippen MR) is 113 cm³/mol. The maximum absolute atomic E-state index is 12.4. The molecule has 1 aliphatic rings. The molecular formula is C23H27ClN2O2. The van der Waals surface area contributed by atoms with Gasteiger partial charge in [-0.1, -0.05) is 35.9 Å². The lowest BCUT2D eigenvalue weighted by Crippen LogP contribution is -2.37. The second kappa shape index (κ2) is 9.85. The van der Waals surface area contributed by atoms with Crippen molar-refractivity contribution in [2.75, 3.05) is 19.6 Å². The SMILES string of the molecule is Cc1ccccc1C(CNC(=O)CCC(=O)c1ccc(Cl)cc1)N1CCCC1. The molecule has 1 saturated heterocycles. The fourth-order valence-electron chi connectivity index (χ4n) is 3.76. The molecular weight excluding hydrogens is 372 g/mol. The molecule has 0 saturated carbocycles. The van der Waals surface area contributed by atoms with E-state index in [1.54, 1.807) is 24.3 Å². The zero-order chi connectivity index (χ0) is 19.9. The number of likely N-dealkylation sites (tertiary alicyclic amines) is 1. The van der Waals surface area contributed by atoms with Gasteiger partial charge in [-0.15, -0.1) is 0 Å². The number of halogens is 1. The van der Waals surface area contributed by atoms with Crippen LogP contribution < -0.4 is 5.32 Å². The highest BCUT2D eigenvalue weighted by molar-refractivity contribution is 6.30. The molecule has 0 aliphatic carbocycles. The number of nitrogens with zero attached hydrogens (tertiary/aromatic N) is 1. The molecule has 0 aromatic heterocycles. The van der Waals surface area contributed by atoms with Gasteiger partial charge in [-0.2, -0.15) is 0 Å². The monoisotopic (exact) mass is 398 g/mol.